The van der Waals surface area contributed by atoms with Gasteiger partial charge in [-0.3, -0.25) is 0 Å². The number of aliphatic hydroxyl groups is 1. The quantitative estimate of drug-likeness (QED) is 0.385. The Hall–Kier alpha value is -3.59. The highest BCUT2D eigenvalue weighted by molar-refractivity contribution is 7.90. The summed E-state index contributed by atoms with van der Waals surface area (Å²) in [7, 11) is -3.54. The van der Waals surface area contributed by atoms with E-state index in [0.717, 1.165) is 15.6 Å². The largest absolute Gasteiger partial charge is 0.408 e. The van der Waals surface area contributed by atoms with Crippen LogP contribution in [0.3, 0.4) is 0 Å². The Morgan fingerprint density at radius 2 is 1.97 bits per heavy atom. The Morgan fingerprint density at radius 3 is 2.66 bits per heavy atom. The van der Waals surface area contributed by atoms with Crippen LogP contribution in [0.25, 0.3) is 22.4 Å². The Kier molecular flexibility index (Phi) is 5.47. The highest BCUT2D eigenvalue weighted by Gasteiger charge is 2.39. The summed E-state index contributed by atoms with van der Waals surface area (Å²) in [5, 5.41) is 15.9. The van der Waals surface area contributed by atoms with Crippen molar-refractivity contribution >= 4 is 32.7 Å². The number of anilines is 2. The van der Waals surface area contributed by atoms with Gasteiger partial charge in [-0.15, -0.1) is 0 Å². The second kappa shape index (κ2) is 8.27. The summed E-state index contributed by atoms with van der Waals surface area (Å²) in [6.07, 6.45) is 2.08. The highest BCUT2D eigenvalue weighted by atomic mass is 32.2. The van der Waals surface area contributed by atoms with Crippen LogP contribution < -0.4 is 5.32 Å². The molecule has 1 fully saturated rings. The Bertz CT molecular complexity index is 1510. The van der Waals surface area contributed by atoms with Crippen LogP contribution in [0.15, 0.2) is 36.9 Å². The Morgan fingerprint density at radius 1 is 1.20 bits per heavy atom. The molecular formula is C20H19F3N8O3S. The second-order valence-corrected chi connectivity index (χ2v) is 10.1. The van der Waals surface area contributed by atoms with Gasteiger partial charge in [0, 0.05) is 12.3 Å². The number of imidazole rings is 1. The zero-order valence-electron chi connectivity index (χ0n) is 18.2. The summed E-state index contributed by atoms with van der Waals surface area (Å²) >= 11 is 0. The van der Waals surface area contributed by atoms with Crippen LogP contribution in [0.5, 0.6) is 0 Å². The number of fused-ring (bicyclic) bond motifs is 1. The summed E-state index contributed by atoms with van der Waals surface area (Å²) in [6, 6.07) is 0.986. The molecular weight excluding hydrogens is 489 g/mol. The Labute approximate surface area is 196 Å². The maximum Gasteiger partial charge on any atom is 0.408 e. The standard InChI is InChI=1S/C20H19F3N8O3S/c1-11(20(21,22)23)31-15-6-17(25-8-14(15)27-18(31)10-32)28-16-4-5-24-19(29-16)12-7-26-30(9-12)35(33,34)13-2-3-13/h4-9,11,13,32H,2-3,10H2,1H3,(H,24,25,28,29)/t11-/m1/s1. The molecule has 0 radical (unpaired) electrons. The van der Waals surface area contributed by atoms with Crippen LogP contribution in [0, 0.1) is 0 Å². The SMILES string of the molecule is C[C@@H](n1c(CO)nc2cnc(Nc3ccnc(-c4cnn(S(=O)(=O)C5CC5)c4)n3)cc21)C(F)(F)F. The number of alkyl halides is 3. The molecule has 1 saturated carbocycles. The lowest BCUT2D eigenvalue weighted by Crippen LogP contribution is -2.25. The van der Waals surface area contributed by atoms with Crippen LogP contribution >= 0.6 is 0 Å². The Balaban J connectivity index is 1.45. The summed E-state index contributed by atoms with van der Waals surface area (Å²) in [6.45, 7) is 0.311. The molecule has 5 rings (SSSR count). The van der Waals surface area contributed by atoms with Crippen molar-refractivity contribution in [1.29, 1.82) is 0 Å². The van der Waals surface area contributed by atoms with Crippen molar-refractivity contribution in [1.82, 2.24) is 33.7 Å². The van der Waals surface area contributed by atoms with Gasteiger partial charge in [-0.2, -0.15) is 22.4 Å². The van der Waals surface area contributed by atoms with Gasteiger partial charge in [-0.1, -0.05) is 0 Å². The number of nitrogens with one attached hydrogen (secondary N) is 1. The van der Waals surface area contributed by atoms with Gasteiger partial charge in [0.05, 0.1) is 34.9 Å². The van der Waals surface area contributed by atoms with E-state index in [1.165, 1.54) is 36.9 Å². The molecule has 4 aromatic heterocycles. The number of hydrogen-bond acceptors (Lipinski definition) is 9. The molecule has 35 heavy (non-hydrogen) atoms. The van der Waals surface area contributed by atoms with E-state index in [0.29, 0.717) is 18.4 Å². The first-order chi connectivity index (χ1) is 16.6. The van der Waals surface area contributed by atoms with Gasteiger partial charge >= 0.3 is 6.18 Å². The molecule has 4 aromatic rings. The van der Waals surface area contributed by atoms with Crippen LogP contribution in [0.2, 0.25) is 0 Å². The van der Waals surface area contributed by atoms with Gasteiger partial charge in [0.25, 0.3) is 10.0 Å². The molecule has 0 amide bonds. The van der Waals surface area contributed by atoms with Crippen molar-refractivity contribution in [2.75, 3.05) is 5.32 Å². The smallest absolute Gasteiger partial charge is 0.388 e. The molecule has 0 spiro atoms. The predicted molar refractivity (Wildman–Crippen MR) is 118 cm³/mol. The number of halogens is 3. The third kappa shape index (κ3) is 4.32. The first-order valence-electron chi connectivity index (χ1n) is 10.5. The molecule has 11 nitrogen and oxygen atoms in total. The van der Waals surface area contributed by atoms with Crippen molar-refractivity contribution in [3.63, 3.8) is 0 Å². The van der Waals surface area contributed by atoms with Crippen molar-refractivity contribution in [3.8, 4) is 11.4 Å². The van der Waals surface area contributed by atoms with Crippen molar-refractivity contribution in [2.24, 2.45) is 0 Å². The zero-order valence-corrected chi connectivity index (χ0v) is 19.0. The number of hydrogen-bond donors (Lipinski definition) is 2. The van der Waals surface area contributed by atoms with Gasteiger partial charge in [0.15, 0.2) is 5.82 Å². The fourth-order valence-electron chi connectivity index (χ4n) is 3.58. The third-order valence-electron chi connectivity index (χ3n) is 5.59. The van der Waals surface area contributed by atoms with Gasteiger partial charge in [0.1, 0.15) is 35.6 Å². The molecule has 184 valence electrons. The molecule has 0 aliphatic heterocycles. The van der Waals surface area contributed by atoms with Gasteiger partial charge in [0.2, 0.25) is 0 Å². The van der Waals surface area contributed by atoms with Crippen molar-refractivity contribution in [3.05, 3.63) is 42.7 Å². The number of rotatable bonds is 7. The van der Waals surface area contributed by atoms with E-state index in [4.69, 9.17) is 0 Å². The minimum Gasteiger partial charge on any atom is -0.388 e. The fraction of sp³-hybridized carbons (Fsp3) is 0.350. The number of pyridine rings is 1. The molecule has 1 aliphatic carbocycles. The topological polar surface area (TPSA) is 141 Å². The average molecular weight is 508 g/mol. The molecule has 2 N–H and O–H groups in total. The molecule has 15 heteroatoms. The lowest BCUT2D eigenvalue weighted by Gasteiger charge is -2.20. The summed E-state index contributed by atoms with van der Waals surface area (Å²) < 4.78 is 66.8. The van der Waals surface area contributed by atoms with E-state index in [1.807, 2.05) is 0 Å². The summed E-state index contributed by atoms with van der Waals surface area (Å²) in [5.41, 5.74) is 0.714. The molecule has 1 atom stereocenters. The maximum absolute atomic E-state index is 13.4. The fourth-order valence-corrected chi connectivity index (χ4v) is 5.06. The first kappa shape index (κ1) is 23.2. The molecule has 0 aromatic carbocycles. The summed E-state index contributed by atoms with van der Waals surface area (Å²) in [5.74, 6) is 0.532. The normalized spacial score (nSPS) is 15.5. The number of nitrogens with zero attached hydrogens (tertiary/aromatic N) is 7. The second-order valence-electron chi connectivity index (χ2n) is 8.07. The van der Waals surface area contributed by atoms with E-state index in [-0.39, 0.29) is 34.3 Å². The average Bonchev–Trinajstić information content (AvgIpc) is 3.45. The van der Waals surface area contributed by atoms with E-state index >= 15 is 0 Å². The minimum atomic E-state index is -4.55. The van der Waals surface area contributed by atoms with Crippen molar-refractivity contribution < 1.29 is 26.7 Å². The van der Waals surface area contributed by atoms with Crippen LogP contribution in [-0.2, 0) is 16.6 Å². The molecule has 1 aliphatic rings. The van der Waals surface area contributed by atoms with Crippen molar-refractivity contribution in [2.45, 2.75) is 43.8 Å². The van der Waals surface area contributed by atoms with Gasteiger partial charge < -0.3 is 15.0 Å². The van der Waals surface area contributed by atoms with Crippen LogP contribution in [-0.4, -0.2) is 58.6 Å². The minimum absolute atomic E-state index is 0.133. The lowest BCUT2D eigenvalue weighted by atomic mass is 10.3. The molecule has 0 bridgehead atoms. The monoisotopic (exact) mass is 508 g/mol. The molecule has 0 saturated heterocycles. The van der Waals surface area contributed by atoms with Crippen LogP contribution in [0.1, 0.15) is 31.6 Å². The highest BCUT2D eigenvalue weighted by Crippen LogP contribution is 2.34. The van der Waals surface area contributed by atoms with Gasteiger partial charge in [-0.25, -0.2) is 28.4 Å². The molecule has 0 unspecified atom stereocenters. The lowest BCUT2D eigenvalue weighted by molar-refractivity contribution is -0.162. The first-order valence-corrected chi connectivity index (χ1v) is 12.0. The van der Waals surface area contributed by atoms with E-state index < -0.39 is 34.1 Å². The van der Waals surface area contributed by atoms with E-state index in [2.05, 4.69) is 30.4 Å². The van der Waals surface area contributed by atoms with Crippen LogP contribution in [0.4, 0.5) is 24.8 Å². The third-order valence-corrected chi connectivity index (χ3v) is 7.62. The number of aliphatic hydroxyl groups excluding tert-OH is 1. The van der Waals surface area contributed by atoms with E-state index in [1.54, 1.807) is 0 Å². The zero-order chi connectivity index (χ0) is 25.0. The number of aromatic nitrogens is 7. The summed E-state index contributed by atoms with van der Waals surface area (Å²) in [4.78, 5) is 16.7. The molecule has 4 heterocycles. The maximum atomic E-state index is 13.4. The van der Waals surface area contributed by atoms with Gasteiger partial charge in [-0.05, 0) is 25.8 Å². The predicted octanol–water partition coefficient (Wildman–Crippen LogP) is 2.78. The van der Waals surface area contributed by atoms with E-state index in [9.17, 15) is 26.7 Å².